The first kappa shape index (κ1) is 14.9. The van der Waals surface area contributed by atoms with Gasteiger partial charge in [0.2, 0.25) is 5.91 Å². The van der Waals surface area contributed by atoms with Crippen LogP contribution in [0.1, 0.15) is 52.9 Å². The number of hydrogen-bond donors (Lipinski definition) is 2. The maximum Gasteiger partial charge on any atom is 0.305 e. The Balaban J connectivity index is 4.04. The quantitative estimate of drug-likeness (QED) is 0.670. The highest BCUT2D eigenvalue weighted by Gasteiger charge is 2.18. The normalized spacial score (nSPS) is 14.2. The molecule has 0 rings (SSSR count). The molecule has 0 aromatic rings. The Morgan fingerprint density at radius 2 is 1.94 bits per heavy atom. The fraction of sp³-hybridized carbons (Fsp3) is 0.833. The molecule has 0 aromatic heterocycles. The molecule has 0 aliphatic heterocycles. The van der Waals surface area contributed by atoms with Crippen LogP contribution in [0, 0.1) is 5.92 Å². The zero-order valence-corrected chi connectivity index (χ0v) is 10.5. The van der Waals surface area contributed by atoms with Crippen LogP contribution in [0.5, 0.6) is 0 Å². The molecule has 0 aromatic carbocycles. The van der Waals surface area contributed by atoms with Crippen molar-refractivity contribution in [2.75, 3.05) is 0 Å². The van der Waals surface area contributed by atoms with Crippen LogP contribution in [0.4, 0.5) is 0 Å². The lowest BCUT2D eigenvalue weighted by Crippen LogP contribution is -2.38. The fourth-order valence-electron chi connectivity index (χ4n) is 1.64. The molecule has 4 heteroatoms. The Labute approximate surface area is 97.4 Å². The van der Waals surface area contributed by atoms with Crippen molar-refractivity contribution in [3.05, 3.63) is 0 Å². The smallest absolute Gasteiger partial charge is 0.305 e. The molecule has 0 saturated carbocycles. The van der Waals surface area contributed by atoms with Gasteiger partial charge in [-0.15, -0.1) is 0 Å². The van der Waals surface area contributed by atoms with Crippen LogP contribution in [-0.2, 0) is 9.59 Å². The highest BCUT2D eigenvalue weighted by molar-refractivity contribution is 5.79. The number of carboxylic acid groups (broad SMARTS) is 1. The summed E-state index contributed by atoms with van der Waals surface area (Å²) in [6, 6.07) is -0.291. The van der Waals surface area contributed by atoms with E-state index >= 15 is 0 Å². The summed E-state index contributed by atoms with van der Waals surface area (Å²) in [5, 5.41) is 11.3. The Morgan fingerprint density at radius 3 is 2.38 bits per heavy atom. The van der Waals surface area contributed by atoms with E-state index in [1.807, 2.05) is 6.92 Å². The first-order chi connectivity index (χ1) is 7.51. The fourth-order valence-corrected chi connectivity index (χ4v) is 1.64. The minimum atomic E-state index is -0.880. The maximum absolute atomic E-state index is 11.8. The molecule has 0 aliphatic rings. The zero-order chi connectivity index (χ0) is 12.6. The van der Waals surface area contributed by atoms with Gasteiger partial charge in [0, 0.05) is 12.0 Å². The Hall–Kier alpha value is -1.06. The number of amides is 1. The lowest BCUT2D eigenvalue weighted by molar-refractivity contribution is -0.137. The molecule has 2 atom stereocenters. The van der Waals surface area contributed by atoms with Crippen molar-refractivity contribution in [3.63, 3.8) is 0 Å². The van der Waals surface area contributed by atoms with E-state index < -0.39 is 5.97 Å². The van der Waals surface area contributed by atoms with E-state index in [2.05, 4.69) is 12.2 Å². The van der Waals surface area contributed by atoms with Crippen molar-refractivity contribution in [2.24, 2.45) is 5.92 Å². The molecule has 0 fully saturated rings. The molecular formula is C12H23NO3. The average Bonchev–Trinajstić information content (AvgIpc) is 2.17. The van der Waals surface area contributed by atoms with Gasteiger partial charge in [0.05, 0.1) is 6.42 Å². The van der Waals surface area contributed by atoms with Crippen molar-refractivity contribution in [1.82, 2.24) is 5.32 Å². The summed E-state index contributed by atoms with van der Waals surface area (Å²) in [7, 11) is 0. The SMILES string of the molecule is CCCC[C@@H](CC)C(=O)N[C@@H](C)CC(=O)O. The van der Waals surface area contributed by atoms with Crippen molar-refractivity contribution in [1.29, 1.82) is 0 Å². The molecule has 16 heavy (non-hydrogen) atoms. The van der Waals surface area contributed by atoms with Crippen molar-refractivity contribution in [2.45, 2.75) is 58.9 Å². The second-order valence-corrected chi connectivity index (χ2v) is 4.25. The zero-order valence-electron chi connectivity index (χ0n) is 10.5. The Morgan fingerprint density at radius 1 is 1.31 bits per heavy atom. The van der Waals surface area contributed by atoms with Gasteiger partial charge in [0.25, 0.3) is 0 Å². The molecule has 0 aliphatic carbocycles. The van der Waals surface area contributed by atoms with E-state index in [0.717, 1.165) is 25.7 Å². The van der Waals surface area contributed by atoms with E-state index in [9.17, 15) is 9.59 Å². The Bertz CT molecular complexity index is 228. The van der Waals surface area contributed by atoms with E-state index in [4.69, 9.17) is 5.11 Å². The number of nitrogens with one attached hydrogen (secondary N) is 1. The van der Waals surface area contributed by atoms with Gasteiger partial charge in [0.15, 0.2) is 0 Å². The third-order valence-corrected chi connectivity index (χ3v) is 2.64. The third-order valence-electron chi connectivity index (χ3n) is 2.64. The molecule has 1 amide bonds. The summed E-state index contributed by atoms with van der Waals surface area (Å²) >= 11 is 0. The third kappa shape index (κ3) is 6.43. The summed E-state index contributed by atoms with van der Waals surface area (Å²) in [6.45, 7) is 5.80. The highest BCUT2D eigenvalue weighted by Crippen LogP contribution is 2.13. The standard InChI is InChI=1S/C12H23NO3/c1-4-6-7-10(5-2)12(16)13-9(3)8-11(14)15/h9-10H,4-8H2,1-3H3,(H,13,16)(H,14,15)/t9-,10+/m0/s1. The van der Waals surface area contributed by atoms with Gasteiger partial charge in [-0.2, -0.15) is 0 Å². The predicted octanol–water partition coefficient (Wildman–Crippen LogP) is 2.18. The van der Waals surface area contributed by atoms with E-state index in [0.29, 0.717) is 0 Å². The van der Waals surface area contributed by atoms with Crippen molar-refractivity contribution in [3.8, 4) is 0 Å². The van der Waals surface area contributed by atoms with Gasteiger partial charge in [-0.3, -0.25) is 9.59 Å². The maximum atomic E-state index is 11.8. The van der Waals surface area contributed by atoms with Crippen LogP contribution in [-0.4, -0.2) is 23.0 Å². The molecule has 0 bridgehead atoms. The van der Waals surface area contributed by atoms with Gasteiger partial charge in [-0.25, -0.2) is 0 Å². The number of rotatable bonds is 8. The number of aliphatic carboxylic acids is 1. The predicted molar refractivity (Wildman–Crippen MR) is 63.2 cm³/mol. The molecule has 0 radical (unpaired) electrons. The van der Waals surface area contributed by atoms with Crippen LogP contribution in [0.2, 0.25) is 0 Å². The summed E-state index contributed by atoms with van der Waals surface area (Å²) in [4.78, 5) is 22.2. The highest BCUT2D eigenvalue weighted by atomic mass is 16.4. The first-order valence-corrected chi connectivity index (χ1v) is 6.03. The van der Waals surface area contributed by atoms with Crippen LogP contribution in [0.15, 0.2) is 0 Å². The first-order valence-electron chi connectivity index (χ1n) is 6.03. The van der Waals surface area contributed by atoms with Crippen LogP contribution in [0.25, 0.3) is 0 Å². The second kappa shape index (κ2) is 8.13. The molecule has 2 N–H and O–H groups in total. The van der Waals surface area contributed by atoms with Crippen LogP contribution < -0.4 is 5.32 Å². The van der Waals surface area contributed by atoms with Crippen molar-refractivity contribution < 1.29 is 14.7 Å². The number of carbonyl (C=O) groups excluding carboxylic acids is 1. The molecular weight excluding hydrogens is 206 g/mol. The summed E-state index contributed by atoms with van der Waals surface area (Å²) in [5.41, 5.74) is 0. The lowest BCUT2D eigenvalue weighted by Gasteiger charge is -2.18. The second-order valence-electron chi connectivity index (χ2n) is 4.25. The van der Waals surface area contributed by atoms with E-state index in [-0.39, 0.29) is 24.3 Å². The van der Waals surface area contributed by atoms with Crippen LogP contribution >= 0.6 is 0 Å². The molecule has 0 heterocycles. The van der Waals surface area contributed by atoms with Gasteiger partial charge in [-0.1, -0.05) is 26.7 Å². The van der Waals surface area contributed by atoms with Crippen molar-refractivity contribution >= 4 is 11.9 Å². The summed E-state index contributed by atoms with van der Waals surface area (Å²) in [5.74, 6) is -0.865. The summed E-state index contributed by atoms with van der Waals surface area (Å²) in [6.07, 6.45) is 3.80. The Kier molecular flexibility index (Phi) is 7.60. The summed E-state index contributed by atoms with van der Waals surface area (Å²) < 4.78 is 0. The number of carboxylic acids is 1. The average molecular weight is 229 g/mol. The molecule has 94 valence electrons. The largest absolute Gasteiger partial charge is 0.481 e. The monoisotopic (exact) mass is 229 g/mol. The molecule has 0 saturated heterocycles. The van der Waals surface area contributed by atoms with Gasteiger partial charge in [-0.05, 0) is 19.8 Å². The minimum absolute atomic E-state index is 0.00954. The molecule has 0 spiro atoms. The minimum Gasteiger partial charge on any atom is -0.481 e. The van der Waals surface area contributed by atoms with E-state index in [1.54, 1.807) is 6.92 Å². The van der Waals surface area contributed by atoms with Gasteiger partial charge in [0.1, 0.15) is 0 Å². The number of carbonyl (C=O) groups is 2. The molecule has 0 unspecified atom stereocenters. The van der Waals surface area contributed by atoms with Gasteiger partial charge >= 0.3 is 5.97 Å². The molecule has 4 nitrogen and oxygen atoms in total. The van der Waals surface area contributed by atoms with E-state index in [1.165, 1.54) is 0 Å². The topological polar surface area (TPSA) is 66.4 Å². The lowest BCUT2D eigenvalue weighted by atomic mass is 9.98. The number of unbranched alkanes of at least 4 members (excludes halogenated alkanes) is 1. The van der Waals surface area contributed by atoms with Gasteiger partial charge < -0.3 is 10.4 Å². The van der Waals surface area contributed by atoms with Crippen LogP contribution in [0.3, 0.4) is 0 Å². The number of hydrogen-bond acceptors (Lipinski definition) is 2.